The summed E-state index contributed by atoms with van der Waals surface area (Å²) in [5.41, 5.74) is 13.6. The molecular formula is C50H70N4O4. The topological polar surface area (TPSA) is 116 Å². The highest BCUT2D eigenvalue weighted by molar-refractivity contribution is 6.21. The first-order chi connectivity index (χ1) is 28.2. The van der Waals surface area contributed by atoms with Crippen LogP contribution in [0.2, 0.25) is 0 Å². The maximum absolute atomic E-state index is 13.1. The molecule has 0 aromatic rings. The molecule has 1 fully saturated rings. The number of carbonyl (C=O) groups is 1. The molecule has 2 unspecified atom stereocenters. The highest BCUT2D eigenvalue weighted by Crippen LogP contribution is 2.46. The van der Waals surface area contributed by atoms with Gasteiger partial charge in [0.25, 0.3) is 0 Å². The Hall–Kier alpha value is -4.04. The lowest BCUT2D eigenvalue weighted by atomic mass is 9.86. The number of rotatable bonds is 22. The van der Waals surface area contributed by atoms with E-state index in [0.29, 0.717) is 31.6 Å². The lowest BCUT2D eigenvalue weighted by Crippen LogP contribution is -2.16. The van der Waals surface area contributed by atoms with E-state index in [4.69, 9.17) is 19.7 Å². The van der Waals surface area contributed by atoms with Gasteiger partial charge in [-0.15, -0.1) is 0 Å². The molecule has 3 N–H and O–H groups in total. The Morgan fingerprint density at radius 3 is 1.93 bits per heavy atom. The van der Waals surface area contributed by atoms with Crippen LogP contribution in [0.1, 0.15) is 170 Å². The number of hydrogen-bond acceptors (Lipinski definition) is 8. The van der Waals surface area contributed by atoms with Gasteiger partial charge in [-0.3, -0.25) is 4.79 Å². The number of aliphatic imine (C=N–C) groups is 3. The molecule has 6 aliphatic rings. The standard InChI is InChI=1S/C50H70N4O4/c1-7-9-10-11-12-13-14-15-16-17-18-19-20-21-22-23-26-58-47(57)25-24-37-33(4)42-28-40-34(5)39(31-55)45(52-40)29-41-32(3)36(8-2)44(51-41)30-43-35(6)48-46(56)27-38(49(37)53-42)50(48)54-43/h28-30,33,37,53,55-56H,7-27,31H2,1-6H3. The number of nitrogens with one attached hydrogen (secondary N) is 1. The van der Waals surface area contributed by atoms with E-state index in [1.54, 1.807) is 0 Å². The Morgan fingerprint density at radius 1 is 0.759 bits per heavy atom. The van der Waals surface area contributed by atoms with Crippen molar-refractivity contribution in [2.24, 2.45) is 26.8 Å². The molecule has 0 spiro atoms. The number of esters is 1. The monoisotopic (exact) mass is 791 g/mol. The van der Waals surface area contributed by atoms with E-state index in [2.05, 4.69) is 39.1 Å². The number of allylic oxidation sites excluding steroid dienone is 11. The summed E-state index contributed by atoms with van der Waals surface area (Å²) in [6.45, 7) is 13.1. The third kappa shape index (κ3) is 10.0. The maximum Gasteiger partial charge on any atom is 0.305 e. The molecule has 5 heterocycles. The molecule has 0 amide bonds. The number of carbonyl (C=O) groups excluding carboxylic acids is 1. The second-order valence-corrected chi connectivity index (χ2v) is 17.3. The Bertz CT molecular complexity index is 1940. The Morgan fingerprint density at radius 2 is 1.33 bits per heavy atom. The average Bonchev–Trinajstić information content (AvgIpc) is 3.97. The predicted molar refractivity (Wildman–Crippen MR) is 239 cm³/mol. The molecule has 8 bridgehead atoms. The minimum atomic E-state index is -0.154. The van der Waals surface area contributed by atoms with Crippen molar-refractivity contribution in [2.45, 2.75) is 170 Å². The molecule has 0 aromatic heterocycles. The molecule has 1 aliphatic carbocycles. The normalized spacial score (nSPS) is 21.2. The number of aliphatic hydroxyl groups excluding tert-OH is 2. The third-order valence-corrected chi connectivity index (χ3v) is 13.3. The van der Waals surface area contributed by atoms with Crippen molar-refractivity contribution in [1.29, 1.82) is 0 Å². The van der Waals surface area contributed by atoms with Crippen molar-refractivity contribution in [3.8, 4) is 0 Å². The summed E-state index contributed by atoms with van der Waals surface area (Å²) in [6.07, 6.45) is 29.3. The molecule has 2 atom stereocenters. The number of nitrogens with zero attached hydrogens (tertiary/aromatic N) is 3. The van der Waals surface area contributed by atoms with Gasteiger partial charge in [0.15, 0.2) is 0 Å². The second kappa shape index (κ2) is 20.8. The summed E-state index contributed by atoms with van der Waals surface area (Å²) >= 11 is 0. The van der Waals surface area contributed by atoms with Crippen LogP contribution in [0.3, 0.4) is 0 Å². The summed E-state index contributed by atoms with van der Waals surface area (Å²) in [5, 5.41) is 25.6. The van der Waals surface area contributed by atoms with Crippen LogP contribution in [0.15, 0.2) is 106 Å². The highest BCUT2D eigenvalue weighted by atomic mass is 16.5. The zero-order valence-electron chi connectivity index (χ0n) is 36.5. The first-order valence-corrected chi connectivity index (χ1v) is 22.9. The number of aliphatic hydroxyl groups is 2. The van der Waals surface area contributed by atoms with Gasteiger partial charge in [0.05, 0.1) is 47.4 Å². The van der Waals surface area contributed by atoms with Crippen LogP contribution < -0.4 is 5.32 Å². The van der Waals surface area contributed by atoms with Crippen LogP contribution in [0.25, 0.3) is 0 Å². The first kappa shape index (κ1) is 43.5. The Labute approximate surface area is 348 Å². The molecule has 58 heavy (non-hydrogen) atoms. The third-order valence-electron chi connectivity index (χ3n) is 13.3. The van der Waals surface area contributed by atoms with Crippen LogP contribution in [-0.2, 0) is 9.53 Å². The zero-order chi connectivity index (χ0) is 41.2. The highest BCUT2D eigenvalue weighted by Gasteiger charge is 2.41. The summed E-state index contributed by atoms with van der Waals surface area (Å²) in [4.78, 5) is 28.4. The largest absolute Gasteiger partial charge is 0.511 e. The fraction of sp³-hybridized carbons (Fsp3) is 0.600. The van der Waals surface area contributed by atoms with Gasteiger partial charge in [0.1, 0.15) is 5.76 Å². The van der Waals surface area contributed by atoms with E-state index in [-0.39, 0.29) is 24.4 Å². The first-order valence-electron chi connectivity index (χ1n) is 22.9. The van der Waals surface area contributed by atoms with Crippen LogP contribution in [0, 0.1) is 11.8 Å². The van der Waals surface area contributed by atoms with Crippen molar-refractivity contribution in [2.75, 3.05) is 13.2 Å². The molecular weight excluding hydrogens is 721 g/mol. The van der Waals surface area contributed by atoms with Gasteiger partial charge in [-0.2, -0.15) is 0 Å². The Kier molecular flexibility index (Phi) is 15.6. The molecule has 0 saturated carbocycles. The van der Waals surface area contributed by atoms with Gasteiger partial charge in [-0.05, 0) is 80.6 Å². The van der Waals surface area contributed by atoms with Gasteiger partial charge in [-0.1, -0.05) is 117 Å². The molecule has 8 nitrogen and oxygen atoms in total. The SMILES string of the molecule is CCCCCCCCCCCCCCCCCCOC(=O)CCC1C2=C3CC(O)=C4C3=NC(=C4C)C=C3N=C(C=C4N=C(C=C(N2)C1C)C(C)=C4CO)C(C)=C3CC. The maximum atomic E-state index is 13.1. The minimum absolute atomic E-state index is 0.00458. The lowest BCUT2D eigenvalue weighted by Gasteiger charge is -2.17. The molecule has 314 valence electrons. The Balaban J connectivity index is 1.06. The second-order valence-electron chi connectivity index (χ2n) is 17.3. The van der Waals surface area contributed by atoms with Crippen LogP contribution in [0.4, 0.5) is 0 Å². The van der Waals surface area contributed by atoms with E-state index in [1.807, 2.05) is 26.0 Å². The van der Waals surface area contributed by atoms with E-state index < -0.39 is 0 Å². The molecule has 0 aromatic carbocycles. The van der Waals surface area contributed by atoms with E-state index in [0.717, 1.165) is 104 Å². The number of unbranched alkanes of at least 4 members (excludes halogenated alkanes) is 15. The smallest absolute Gasteiger partial charge is 0.305 e. The molecule has 1 saturated heterocycles. The molecule has 0 radical (unpaired) electrons. The number of fused-ring (bicyclic) bond motifs is 5. The fourth-order valence-electron chi connectivity index (χ4n) is 9.54. The van der Waals surface area contributed by atoms with E-state index >= 15 is 0 Å². The number of ether oxygens (including phenoxy) is 1. The summed E-state index contributed by atoms with van der Waals surface area (Å²) in [7, 11) is 0. The van der Waals surface area contributed by atoms with Gasteiger partial charge in [-0.25, -0.2) is 15.0 Å². The predicted octanol–water partition coefficient (Wildman–Crippen LogP) is 12.2. The summed E-state index contributed by atoms with van der Waals surface area (Å²) < 4.78 is 5.77. The van der Waals surface area contributed by atoms with Gasteiger partial charge in [0, 0.05) is 52.8 Å². The van der Waals surface area contributed by atoms with Crippen LogP contribution in [0.5, 0.6) is 0 Å². The number of hydrogen-bond donors (Lipinski definition) is 3. The quantitative estimate of drug-likeness (QED) is 0.0746. The average molecular weight is 791 g/mol. The van der Waals surface area contributed by atoms with E-state index in [9.17, 15) is 15.0 Å². The molecule has 6 rings (SSSR count). The summed E-state index contributed by atoms with van der Waals surface area (Å²) in [5.74, 6) is 0.219. The van der Waals surface area contributed by atoms with Crippen LogP contribution >= 0.6 is 0 Å². The molecule has 8 heteroatoms. The van der Waals surface area contributed by atoms with Crippen molar-refractivity contribution < 1.29 is 19.7 Å². The summed E-state index contributed by atoms with van der Waals surface area (Å²) in [6, 6.07) is 0. The van der Waals surface area contributed by atoms with Crippen molar-refractivity contribution in [3.63, 3.8) is 0 Å². The van der Waals surface area contributed by atoms with Crippen molar-refractivity contribution in [3.05, 3.63) is 91.5 Å². The minimum Gasteiger partial charge on any atom is -0.511 e. The van der Waals surface area contributed by atoms with Gasteiger partial charge in [0.2, 0.25) is 0 Å². The van der Waals surface area contributed by atoms with Crippen molar-refractivity contribution >= 4 is 23.1 Å². The van der Waals surface area contributed by atoms with Crippen molar-refractivity contribution in [1.82, 2.24) is 5.32 Å². The van der Waals surface area contributed by atoms with Crippen LogP contribution in [-0.4, -0.2) is 46.5 Å². The lowest BCUT2D eigenvalue weighted by molar-refractivity contribution is -0.144. The van der Waals surface area contributed by atoms with Gasteiger partial charge >= 0.3 is 5.97 Å². The zero-order valence-corrected chi connectivity index (χ0v) is 36.5. The fourth-order valence-corrected chi connectivity index (χ4v) is 9.54. The molecule has 5 aliphatic heterocycles. The van der Waals surface area contributed by atoms with Gasteiger partial charge < -0.3 is 20.3 Å². The van der Waals surface area contributed by atoms with E-state index in [1.165, 1.54) is 89.9 Å².